The molecule has 0 fully saturated rings. The molecule has 0 radical (unpaired) electrons. The number of hydrogen-bond donors (Lipinski definition) is 1. The van der Waals surface area contributed by atoms with Gasteiger partial charge in [0.05, 0.1) is 0 Å². The van der Waals surface area contributed by atoms with E-state index >= 15 is 0 Å². The van der Waals surface area contributed by atoms with Crippen LogP contribution >= 0.6 is 12.2 Å². The Morgan fingerprint density at radius 2 is 2.21 bits per heavy atom. The molecule has 1 atom stereocenters. The van der Waals surface area contributed by atoms with E-state index in [-0.39, 0.29) is 0 Å². The monoisotopic (exact) mass is 212 g/mol. The molecule has 0 aliphatic rings. The third-order valence-electron chi connectivity index (χ3n) is 2.57. The summed E-state index contributed by atoms with van der Waals surface area (Å²) in [7, 11) is 0. The Morgan fingerprint density at radius 3 is 2.71 bits per heavy atom. The molecule has 0 saturated carbocycles. The number of imidazole rings is 1. The van der Waals surface area contributed by atoms with E-state index < -0.39 is 0 Å². The highest BCUT2D eigenvalue weighted by Crippen LogP contribution is 2.16. The summed E-state index contributed by atoms with van der Waals surface area (Å²) >= 11 is 5.24. The van der Waals surface area contributed by atoms with Crippen LogP contribution in [0.15, 0.2) is 6.20 Å². The zero-order valence-electron chi connectivity index (χ0n) is 9.34. The summed E-state index contributed by atoms with van der Waals surface area (Å²) in [6, 6.07) is 0.527. The van der Waals surface area contributed by atoms with E-state index in [1.54, 1.807) is 0 Å². The van der Waals surface area contributed by atoms with Gasteiger partial charge in [-0.1, -0.05) is 26.2 Å². The highest BCUT2D eigenvalue weighted by Gasteiger charge is 2.05. The fraction of sp³-hybridized carbons (Fsp3) is 0.727. The Balaban J connectivity index is 2.56. The predicted octanol–water partition coefficient (Wildman–Crippen LogP) is 4.00. The molecule has 0 aromatic carbocycles. The first kappa shape index (κ1) is 11.5. The second-order valence-electron chi connectivity index (χ2n) is 3.99. The average Bonchev–Trinajstić information content (AvgIpc) is 2.45. The van der Waals surface area contributed by atoms with Crippen molar-refractivity contribution in [1.82, 2.24) is 9.55 Å². The van der Waals surface area contributed by atoms with Gasteiger partial charge >= 0.3 is 0 Å². The van der Waals surface area contributed by atoms with E-state index in [1.165, 1.54) is 25.7 Å². The van der Waals surface area contributed by atoms with Gasteiger partial charge in [0, 0.05) is 17.9 Å². The number of nitrogens with zero attached hydrogens (tertiary/aromatic N) is 1. The van der Waals surface area contributed by atoms with Crippen molar-refractivity contribution in [2.75, 3.05) is 0 Å². The lowest BCUT2D eigenvalue weighted by Crippen LogP contribution is -2.03. The maximum absolute atomic E-state index is 5.24. The molecule has 2 nitrogen and oxygen atoms in total. The fourth-order valence-electron chi connectivity index (χ4n) is 1.69. The third-order valence-corrected chi connectivity index (χ3v) is 2.88. The lowest BCUT2D eigenvalue weighted by molar-refractivity contribution is 0.473. The number of rotatable bonds is 5. The summed E-state index contributed by atoms with van der Waals surface area (Å²) in [5.41, 5.74) is 1.15. The first-order valence-electron chi connectivity index (χ1n) is 5.43. The molecule has 1 aromatic heterocycles. The van der Waals surface area contributed by atoms with Crippen LogP contribution in [-0.2, 0) is 0 Å². The minimum Gasteiger partial charge on any atom is -0.335 e. The van der Waals surface area contributed by atoms with Crippen LogP contribution in [0, 0.1) is 11.7 Å². The van der Waals surface area contributed by atoms with E-state index in [2.05, 4.69) is 29.6 Å². The lowest BCUT2D eigenvalue weighted by atomic mass is 10.1. The van der Waals surface area contributed by atoms with E-state index in [9.17, 15) is 0 Å². The maximum Gasteiger partial charge on any atom is 0.177 e. The minimum absolute atomic E-state index is 0.527. The number of nitrogens with one attached hydrogen (secondary N) is 1. The highest BCUT2D eigenvalue weighted by atomic mass is 32.1. The van der Waals surface area contributed by atoms with Crippen molar-refractivity contribution in [3.63, 3.8) is 0 Å². The molecule has 80 valence electrons. The van der Waals surface area contributed by atoms with Gasteiger partial charge in [-0.15, -0.1) is 0 Å². The summed E-state index contributed by atoms with van der Waals surface area (Å²) in [6.45, 7) is 6.51. The van der Waals surface area contributed by atoms with Gasteiger partial charge in [0.2, 0.25) is 0 Å². The van der Waals surface area contributed by atoms with Gasteiger partial charge in [0.15, 0.2) is 4.77 Å². The van der Waals surface area contributed by atoms with Crippen LogP contribution in [-0.4, -0.2) is 9.55 Å². The Hall–Kier alpha value is -0.570. The van der Waals surface area contributed by atoms with Crippen LogP contribution in [0.1, 0.15) is 51.3 Å². The molecule has 1 heterocycles. The topological polar surface area (TPSA) is 20.7 Å². The van der Waals surface area contributed by atoms with Gasteiger partial charge in [0.25, 0.3) is 0 Å². The van der Waals surface area contributed by atoms with Crippen LogP contribution in [0.3, 0.4) is 0 Å². The number of aryl methyl sites for hydroxylation is 1. The van der Waals surface area contributed by atoms with Crippen molar-refractivity contribution in [1.29, 1.82) is 0 Å². The van der Waals surface area contributed by atoms with Crippen molar-refractivity contribution in [2.24, 2.45) is 0 Å². The van der Waals surface area contributed by atoms with Crippen LogP contribution < -0.4 is 0 Å². The molecule has 0 saturated heterocycles. The van der Waals surface area contributed by atoms with E-state index in [1.807, 2.05) is 6.92 Å². The summed E-state index contributed by atoms with van der Waals surface area (Å²) < 4.78 is 3.02. The second kappa shape index (κ2) is 5.35. The molecule has 1 rings (SSSR count). The van der Waals surface area contributed by atoms with Crippen molar-refractivity contribution >= 4 is 12.2 Å². The molecule has 3 heteroatoms. The maximum atomic E-state index is 5.24. The number of aromatic amines is 1. The van der Waals surface area contributed by atoms with E-state index in [0.717, 1.165) is 10.5 Å². The Bertz CT molecular complexity index is 324. The summed E-state index contributed by atoms with van der Waals surface area (Å²) in [5.74, 6) is 0. The second-order valence-corrected chi connectivity index (χ2v) is 4.38. The van der Waals surface area contributed by atoms with Crippen LogP contribution in [0.5, 0.6) is 0 Å². The average molecular weight is 212 g/mol. The summed E-state index contributed by atoms with van der Waals surface area (Å²) in [4.78, 5) is 3.16. The minimum atomic E-state index is 0.527. The standard InChI is InChI=1S/C11H20N2S/c1-4-5-6-7-10(3)13-8-9(2)12-11(13)14/h8,10H,4-7H2,1-3H3,(H,12,14). The third kappa shape index (κ3) is 2.98. The van der Waals surface area contributed by atoms with Gasteiger partial charge in [-0.25, -0.2) is 0 Å². The molecule has 1 unspecified atom stereocenters. The highest BCUT2D eigenvalue weighted by molar-refractivity contribution is 7.71. The zero-order valence-corrected chi connectivity index (χ0v) is 10.2. The molecular formula is C11H20N2S. The smallest absolute Gasteiger partial charge is 0.177 e. The van der Waals surface area contributed by atoms with Gasteiger partial charge in [-0.2, -0.15) is 0 Å². The SMILES string of the molecule is CCCCCC(C)n1cc(C)[nH]c1=S. The summed E-state index contributed by atoms with van der Waals surface area (Å²) in [5, 5.41) is 0. The number of hydrogen-bond acceptors (Lipinski definition) is 1. The lowest BCUT2D eigenvalue weighted by Gasteiger charge is -2.12. The number of H-pyrrole nitrogens is 1. The fourth-order valence-corrected chi connectivity index (χ4v) is 2.08. The molecule has 14 heavy (non-hydrogen) atoms. The molecular weight excluding hydrogens is 192 g/mol. The number of aromatic nitrogens is 2. The zero-order chi connectivity index (χ0) is 10.6. The largest absolute Gasteiger partial charge is 0.335 e. The molecule has 1 N–H and O–H groups in total. The predicted molar refractivity (Wildman–Crippen MR) is 63.2 cm³/mol. The Kier molecular flexibility index (Phi) is 4.39. The number of unbranched alkanes of at least 4 members (excludes halogenated alkanes) is 2. The first-order valence-corrected chi connectivity index (χ1v) is 5.83. The van der Waals surface area contributed by atoms with Crippen LogP contribution in [0.2, 0.25) is 0 Å². The Morgan fingerprint density at radius 1 is 1.50 bits per heavy atom. The normalized spacial score (nSPS) is 13.1. The summed E-state index contributed by atoms with van der Waals surface area (Å²) in [6.07, 6.45) is 7.23. The van der Waals surface area contributed by atoms with Gasteiger partial charge in [-0.05, 0) is 32.5 Å². The van der Waals surface area contributed by atoms with Gasteiger partial charge in [-0.3, -0.25) is 0 Å². The molecule has 0 aliphatic carbocycles. The van der Waals surface area contributed by atoms with E-state index in [0.29, 0.717) is 6.04 Å². The van der Waals surface area contributed by atoms with Crippen molar-refractivity contribution in [3.05, 3.63) is 16.7 Å². The van der Waals surface area contributed by atoms with E-state index in [4.69, 9.17) is 12.2 Å². The Labute approximate surface area is 91.3 Å². The molecule has 1 aromatic rings. The van der Waals surface area contributed by atoms with Crippen molar-refractivity contribution in [3.8, 4) is 0 Å². The molecule has 0 aliphatic heterocycles. The molecule has 0 bridgehead atoms. The van der Waals surface area contributed by atoms with Crippen molar-refractivity contribution in [2.45, 2.75) is 52.5 Å². The first-order chi connectivity index (χ1) is 6.65. The molecule has 0 spiro atoms. The van der Waals surface area contributed by atoms with Gasteiger partial charge in [0.1, 0.15) is 0 Å². The quantitative estimate of drug-likeness (QED) is 0.578. The van der Waals surface area contributed by atoms with Crippen molar-refractivity contribution < 1.29 is 0 Å². The van der Waals surface area contributed by atoms with Crippen LogP contribution in [0.25, 0.3) is 0 Å². The van der Waals surface area contributed by atoms with Crippen LogP contribution in [0.4, 0.5) is 0 Å². The molecule has 0 amide bonds. The van der Waals surface area contributed by atoms with Gasteiger partial charge < -0.3 is 9.55 Å².